The van der Waals surface area contributed by atoms with E-state index in [1.54, 1.807) is 12.7 Å². The van der Waals surface area contributed by atoms with Gasteiger partial charge in [-0.05, 0) is 38.3 Å². The van der Waals surface area contributed by atoms with Crippen molar-refractivity contribution >= 4 is 17.3 Å². The molecule has 2 atom stereocenters. The number of hydrogen-bond acceptors (Lipinski definition) is 4. The van der Waals surface area contributed by atoms with Gasteiger partial charge in [-0.15, -0.1) is 0 Å². The van der Waals surface area contributed by atoms with Crippen molar-refractivity contribution in [2.45, 2.75) is 44.8 Å². The normalized spacial score (nSPS) is 19.7. The third kappa shape index (κ3) is 4.45. The molecule has 0 radical (unpaired) electrons. The summed E-state index contributed by atoms with van der Waals surface area (Å²) in [7, 11) is 0. The Morgan fingerprint density at radius 1 is 1.39 bits per heavy atom. The number of rotatable bonds is 6. The average Bonchev–Trinajstić information content (AvgIpc) is 3.07. The Kier molecular flexibility index (Phi) is 5.51. The van der Waals surface area contributed by atoms with Gasteiger partial charge >= 0.3 is 0 Å². The molecule has 0 amide bonds. The lowest BCUT2D eigenvalue weighted by atomic mass is 10.0. The molecule has 1 saturated heterocycles. The van der Waals surface area contributed by atoms with Gasteiger partial charge < -0.3 is 10.2 Å². The Morgan fingerprint density at radius 3 is 3.04 bits per heavy atom. The molecule has 0 bridgehead atoms. The number of hydrogen-bond donors (Lipinski definition) is 1. The van der Waals surface area contributed by atoms with Crippen LogP contribution < -0.4 is 10.2 Å². The summed E-state index contributed by atoms with van der Waals surface area (Å²) < 4.78 is 1.88. The first-order valence-electron chi connectivity index (χ1n) is 8.30. The van der Waals surface area contributed by atoms with Gasteiger partial charge in [0.2, 0.25) is 0 Å². The van der Waals surface area contributed by atoms with Crippen molar-refractivity contribution in [3.8, 4) is 0 Å². The predicted octanol–water partition coefficient (Wildman–Crippen LogP) is 2.97. The molecule has 2 aromatic rings. The Balaban J connectivity index is 1.51. The second-order valence-electron chi connectivity index (χ2n) is 6.25. The van der Waals surface area contributed by atoms with Crippen LogP contribution in [0.3, 0.4) is 0 Å². The number of para-hydroxylation sites is 1. The molecule has 2 heterocycles. The molecule has 6 heteroatoms. The van der Waals surface area contributed by atoms with Crippen molar-refractivity contribution in [3.63, 3.8) is 0 Å². The maximum atomic E-state index is 6.34. The maximum Gasteiger partial charge on any atom is 0.137 e. The SMILES string of the molecule is C[C@H](CCn1cncn1)N[C@H]1CCCN(c2ccccc2Cl)C1. The highest BCUT2D eigenvalue weighted by molar-refractivity contribution is 6.33. The number of nitrogens with zero attached hydrogens (tertiary/aromatic N) is 4. The lowest BCUT2D eigenvalue weighted by Crippen LogP contribution is -2.48. The number of aromatic nitrogens is 3. The van der Waals surface area contributed by atoms with Gasteiger partial charge in [-0.2, -0.15) is 5.10 Å². The molecular formula is C17H24ClN5. The first-order valence-corrected chi connectivity index (χ1v) is 8.68. The quantitative estimate of drug-likeness (QED) is 0.882. The van der Waals surface area contributed by atoms with Gasteiger partial charge in [0.25, 0.3) is 0 Å². The van der Waals surface area contributed by atoms with E-state index in [4.69, 9.17) is 11.6 Å². The van der Waals surface area contributed by atoms with Crippen LogP contribution in [0.5, 0.6) is 0 Å². The van der Waals surface area contributed by atoms with Crippen molar-refractivity contribution in [1.29, 1.82) is 0 Å². The largest absolute Gasteiger partial charge is 0.369 e. The molecule has 1 aliphatic heterocycles. The highest BCUT2D eigenvalue weighted by atomic mass is 35.5. The minimum Gasteiger partial charge on any atom is -0.369 e. The first kappa shape index (κ1) is 16.3. The number of aryl methyl sites for hydroxylation is 1. The summed E-state index contributed by atoms with van der Waals surface area (Å²) in [6, 6.07) is 9.07. The number of anilines is 1. The van der Waals surface area contributed by atoms with Gasteiger partial charge in [0, 0.05) is 31.7 Å². The summed E-state index contributed by atoms with van der Waals surface area (Å²) in [6.45, 7) is 5.23. The van der Waals surface area contributed by atoms with Crippen LogP contribution in [0.4, 0.5) is 5.69 Å². The van der Waals surface area contributed by atoms with Crippen LogP contribution in [-0.4, -0.2) is 39.9 Å². The molecule has 1 N–H and O–H groups in total. The van der Waals surface area contributed by atoms with Crippen molar-refractivity contribution < 1.29 is 0 Å². The Morgan fingerprint density at radius 2 is 2.26 bits per heavy atom. The third-order valence-corrected chi connectivity index (χ3v) is 4.71. The van der Waals surface area contributed by atoms with Crippen LogP contribution in [0, 0.1) is 0 Å². The molecule has 23 heavy (non-hydrogen) atoms. The van der Waals surface area contributed by atoms with Crippen molar-refractivity contribution in [1.82, 2.24) is 20.1 Å². The topological polar surface area (TPSA) is 46.0 Å². The zero-order valence-corrected chi connectivity index (χ0v) is 14.3. The summed E-state index contributed by atoms with van der Waals surface area (Å²) >= 11 is 6.34. The average molecular weight is 334 g/mol. The molecule has 0 saturated carbocycles. The fourth-order valence-corrected chi connectivity index (χ4v) is 3.46. The van der Waals surface area contributed by atoms with Gasteiger partial charge in [0.1, 0.15) is 12.7 Å². The third-order valence-electron chi connectivity index (χ3n) is 4.39. The second kappa shape index (κ2) is 7.79. The summed E-state index contributed by atoms with van der Waals surface area (Å²) in [5.41, 5.74) is 1.15. The van der Waals surface area contributed by atoms with E-state index in [9.17, 15) is 0 Å². The van der Waals surface area contributed by atoms with E-state index in [1.807, 2.05) is 16.8 Å². The predicted molar refractivity (Wildman–Crippen MR) is 93.9 cm³/mol. The van der Waals surface area contributed by atoms with Crippen molar-refractivity contribution in [3.05, 3.63) is 41.9 Å². The molecule has 0 aliphatic carbocycles. The summed E-state index contributed by atoms with van der Waals surface area (Å²) in [5.74, 6) is 0. The second-order valence-corrected chi connectivity index (χ2v) is 6.66. The lowest BCUT2D eigenvalue weighted by Gasteiger charge is -2.36. The summed E-state index contributed by atoms with van der Waals surface area (Å²) in [6.07, 6.45) is 6.81. The van der Waals surface area contributed by atoms with Gasteiger partial charge in [-0.25, -0.2) is 4.98 Å². The standard InChI is InChI=1S/C17H24ClN5/c1-14(8-10-23-13-19-12-20-23)21-15-5-4-9-22(11-15)17-7-3-2-6-16(17)18/h2-3,6-7,12-15,21H,4-5,8-11H2,1H3/t14-,15+/m1/s1. The molecule has 1 fully saturated rings. The van der Waals surface area contributed by atoms with E-state index in [2.05, 4.69) is 39.4 Å². The van der Waals surface area contributed by atoms with E-state index in [0.717, 1.165) is 36.8 Å². The highest BCUT2D eigenvalue weighted by Crippen LogP contribution is 2.27. The maximum absolute atomic E-state index is 6.34. The van der Waals surface area contributed by atoms with Crippen molar-refractivity contribution in [2.75, 3.05) is 18.0 Å². The van der Waals surface area contributed by atoms with Crippen LogP contribution in [0.15, 0.2) is 36.9 Å². The summed E-state index contributed by atoms with van der Waals surface area (Å²) in [5, 5.41) is 8.75. The fourth-order valence-electron chi connectivity index (χ4n) is 3.20. The molecule has 124 valence electrons. The Bertz CT molecular complexity index is 601. The fraction of sp³-hybridized carbons (Fsp3) is 0.529. The van der Waals surface area contributed by atoms with Crippen LogP contribution in [0.2, 0.25) is 5.02 Å². The Hall–Kier alpha value is -1.59. The molecule has 3 rings (SSSR count). The Labute approximate surface area is 142 Å². The highest BCUT2D eigenvalue weighted by Gasteiger charge is 2.22. The molecule has 1 aromatic carbocycles. The van der Waals surface area contributed by atoms with Crippen LogP contribution in [0.1, 0.15) is 26.2 Å². The van der Waals surface area contributed by atoms with Crippen LogP contribution in [0.25, 0.3) is 0 Å². The van der Waals surface area contributed by atoms with Gasteiger partial charge in [0.05, 0.1) is 10.7 Å². The molecule has 1 aliphatic rings. The molecule has 0 spiro atoms. The van der Waals surface area contributed by atoms with Gasteiger partial charge in [-0.1, -0.05) is 23.7 Å². The zero-order chi connectivity index (χ0) is 16.1. The van der Waals surface area contributed by atoms with E-state index < -0.39 is 0 Å². The molecule has 1 aromatic heterocycles. The van der Waals surface area contributed by atoms with Gasteiger partial charge in [0.15, 0.2) is 0 Å². The smallest absolute Gasteiger partial charge is 0.137 e. The number of piperidine rings is 1. The lowest BCUT2D eigenvalue weighted by molar-refractivity contribution is 0.360. The molecule has 0 unspecified atom stereocenters. The molecule has 5 nitrogen and oxygen atoms in total. The van der Waals surface area contributed by atoms with Gasteiger partial charge in [-0.3, -0.25) is 4.68 Å². The zero-order valence-electron chi connectivity index (χ0n) is 13.5. The summed E-state index contributed by atoms with van der Waals surface area (Å²) in [4.78, 5) is 6.38. The molecular weight excluding hydrogens is 310 g/mol. The van der Waals surface area contributed by atoms with Crippen LogP contribution >= 0.6 is 11.6 Å². The van der Waals surface area contributed by atoms with Crippen molar-refractivity contribution in [2.24, 2.45) is 0 Å². The monoisotopic (exact) mass is 333 g/mol. The number of halogens is 1. The minimum absolute atomic E-state index is 0.454. The van der Waals surface area contributed by atoms with E-state index in [1.165, 1.54) is 12.8 Å². The van der Waals surface area contributed by atoms with Crippen LogP contribution in [-0.2, 0) is 6.54 Å². The number of benzene rings is 1. The van der Waals surface area contributed by atoms with E-state index >= 15 is 0 Å². The minimum atomic E-state index is 0.454. The van der Waals surface area contributed by atoms with E-state index in [0.29, 0.717) is 12.1 Å². The number of nitrogens with one attached hydrogen (secondary N) is 1. The first-order chi connectivity index (χ1) is 11.2. The van der Waals surface area contributed by atoms with E-state index in [-0.39, 0.29) is 0 Å².